The fourth-order valence-corrected chi connectivity index (χ4v) is 4.07. The molecule has 5 heteroatoms. The van der Waals surface area contributed by atoms with E-state index in [1.54, 1.807) is 26.4 Å². The molecule has 0 spiro atoms. The summed E-state index contributed by atoms with van der Waals surface area (Å²) in [6.07, 6.45) is 2.97. The molecule has 0 radical (unpaired) electrons. The standard InChI is InChI=1S/C22H28FNO3/c1-26-20-5-3-4-19(21(20)27-2)22(25,17-11-14-24-15-12-17)13-10-16-6-8-18(23)9-7-16/h3-9,17,24-25H,10-15H2,1-2H3. The van der Waals surface area contributed by atoms with Gasteiger partial charge in [-0.15, -0.1) is 0 Å². The van der Waals surface area contributed by atoms with E-state index in [-0.39, 0.29) is 11.7 Å². The van der Waals surface area contributed by atoms with E-state index in [1.165, 1.54) is 12.1 Å². The van der Waals surface area contributed by atoms with Crippen LogP contribution < -0.4 is 14.8 Å². The van der Waals surface area contributed by atoms with Crippen LogP contribution in [0, 0.1) is 11.7 Å². The molecular weight excluding hydrogens is 345 g/mol. The highest BCUT2D eigenvalue weighted by Gasteiger charge is 2.41. The van der Waals surface area contributed by atoms with E-state index in [4.69, 9.17) is 9.47 Å². The van der Waals surface area contributed by atoms with Gasteiger partial charge in [-0.05, 0) is 68.5 Å². The van der Waals surface area contributed by atoms with Crippen LogP contribution in [0.1, 0.15) is 30.4 Å². The minimum absolute atomic E-state index is 0.111. The summed E-state index contributed by atoms with van der Waals surface area (Å²) in [5.41, 5.74) is 0.722. The van der Waals surface area contributed by atoms with Crippen molar-refractivity contribution < 1.29 is 19.0 Å². The minimum atomic E-state index is -1.05. The highest BCUT2D eigenvalue weighted by Crippen LogP contribution is 2.45. The number of piperidine rings is 1. The molecule has 0 aliphatic carbocycles. The first-order valence-electron chi connectivity index (χ1n) is 9.47. The largest absolute Gasteiger partial charge is 0.493 e. The molecular formula is C22H28FNO3. The molecule has 2 N–H and O–H groups in total. The first kappa shape index (κ1) is 19.6. The average Bonchev–Trinajstić information content (AvgIpc) is 2.73. The van der Waals surface area contributed by atoms with E-state index in [0.717, 1.165) is 37.1 Å². The van der Waals surface area contributed by atoms with Gasteiger partial charge in [0.25, 0.3) is 0 Å². The van der Waals surface area contributed by atoms with Gasteiger partial charge in [-0.1, -0.05) is 24.3 Å². The van der Waals surface area contributed by atoms with E-state index in [9.17, 15) is 9.50 Å². The zero-order valence-corrected chi connectivity index (χ0v) is 16.0. The number of benzene rings is 2. The Morgan fingerprint density at radius 1 is 1.07 bits per heavy atom. The molecule has 1 saturated heterocycles. The predicted molar refractivity (Wildman–Crippen MR) is 104 cm³/mol. The molecule has 0 aromatic heterocycles. The van der Waals surface area contributed by atoms with Crippen molar-refractivity contribution >= 4 is 0 Å². The van der Waals surface area contributed by atoms with Crippen LogP contribution in [0.25, 0.3) is 0 Å². The lowest BCUT2D eigenvalue weighted by molar-refractivity contribution is -0.0450. The lowest BCUT2D eigenvalue weighted by Gasteiger charge is -2.40. The van der Waals surface area contributed by atoms with Crippen molar-refractivity contribution in [3.63, 3.8) is 0 Å². The number of nitrogens with one attached hydrogen (secondary N) is 1. The second-order valence-electron chi connectivity index (χ2n) is 7.12. The van der Waals surface area contributed by atoms with E-state index in [2.05, 4.69) is 5.32 Å². The molecule has 1 heterocycles. The van der Waals surface area contributed by atoms with Crippen molar-refractivity contribution in [2.24, 2.45) is 5.92 Å². The monoisotopic (exact) mass is 373 g/mol. The van der Waals surface area contributed by atoms with Gasteiger partial charge in [0.1, 0.15) is 5.82 Å². The molecule has 3 rings (SSSR count). The van der Waals surface area contributed by atoms with Crippen LogP contribution in [0.4, 0.5) is 4.39 Å². The predicted octanol–water partition coefficient (Wildman–Crippen LogP) is 3.66. The summed E-state index contributed by atoms with van der Waals surface area (Å²) in [6, 6.07) is 12.1. The third-order valence-corrected chi connectivity index (χ3v) is 5.59. The van der Waals surface area contributed by atoms with E-state index in [1.807, 2.05) is 18.2 Å². The Labute approximate surface area is 160 Å². The van der Waals surface area contributed by atoms with Gasteiger partial charge in [0.05, 0.1) is 19.8 Å². The van der Waals surface area contributed by atoms with Gasteiger partial charge in [0.2, 0.25) is 0 Å². The van der Waals surface area contributed by atoms with Crippen LogP contribution in [0.3, 0.4) is 0 Å². The minimum Gasteiger partial charge on any atom is -0.493 e. The van der Waals surface area contributed by atoms with Gasteiger partial charge in [0, 0.05) is 5.56 Å². The van der Waals surface area contributed by atoms with Crippen LogP contribution in [0.2, 0.25) is 0 Å². The van der Waals surface area contributed by atoms with Gasteiger partial charge in [-0.2, -0.15) is 0 Å². The first-order valence-corrected chi connectivity index (χ1v) is 9.47. The topological polar surface area (TPSA) is 50.7 Å². The van der Waals surface area contributed by atoms with Crippen LogP contribution in [-0.2, 0) is 12.0 Å². The van der Waals surface area contributed by atoms with Gasteiger partial charge >= 0.3 is 0 Å². The number of aryl methyl sites for hydroxylation is 1. The van der Waals surface area contributed by atoms with Crippen molar-refractivity contribution in [2.75, 3.05) is 27.3 Å². The van der Waals surface area contributed by atoms with Crippen LogP contribution >= 0.6 is 0 Å². The zero-order valence-electron chi connectivity index (χ0n) is 16.0. The molecule has 2 aromatic rings. The molecule has 0 saturated carbocycles. The number of halogens is 1. The zero-order chi connectivity index (χ0) is 19.3. The molecule has 1 atom stereocenters. The third-order valence-electron chi connectivity index (χ3n) is 5.59. The second-order valence-corrected chi connectivity index (χ2v) is 7.12. The van der Waals surface area contributed by atoms with Gasteiger partial charge in [-0.3, -0.25) is 0 Å². The number of hydrogen-bond acceptors (Lipinski definition) is 4. The lowest BCUT2D eigenvalue weighted by Crippen LogP contribution is -2.42. The quantitative estimate of drug-likeness (QED) is 0.778. The number of rotatable bonds is 7. The Bertz CT molecular complexity index is 744. The Kier molecular flexibility index (Phi) is 6.34. The SMILES string of the molecule is COc1cccc(C(O)(CCc2ccc(F)cc2)C2CCNCC2)c1OC. The summed E-state index contributed by atoms with van der Waals surface area (Å²) in [6.45, 7) is 1.77. The Balaban J connectivity index is 1.96. The Morgan fingerprint density at radius 2 is 1.78 bits per heavy atom. The average molecular weight is 373 g/mol. The van der Waals surface area contributed by atoms with Crippen molar-refractivity contribution in [1.29, 1.82) is 0 Å². The van der Waals surface area contributed by atoms with E-state index in [0.29, 0.717) is 24.3 Å². The second kappa shape index (κ2) is 8.72. The lowest BCUT2D eigenvalue weighted by atomic mass is 9.73. The number of ether oxygens (including phenoxy) is 2. The fourth-order valence-electron chi connectivity index (χ4n) is 4.07. The summed E-state index contributed by atoms with van der Waals surface area (Å²) in [4.78, 5) is 0. The third kappa shape index (κ3) is 4.25. The van der Waals surface area contributed by atoms with Gasteiger partial charge in [-0.25, -0.2) is 4.39 Å². The maximum Gasteiger partial charge on any atom is 0.166 e. The summed E-state index contributed by atoms with van der Waals surface area (Å²) in [5, 5.41) is 15.3. The van der Waals surface area contributed by atoms with E-state index < -0.39 is 5.60 Å². The number of methoxy groups -OCH3 is 2. The molecule has 1 unspecified atom stereocenters. The molecule has 2 aromatic carbocycles. The highest BCUT2D eigenvalue weighted by molar-refractivity contribution is 5.49. The molecule has 1 aliphatic heterocycles. The maximum atomic E-state index is 13.2. The van der Waals surface area contributed by atoms with Gasteiger partial charge in [0.15, 0.2) is 11.5 Å². The Morgan fingerprint density at radius 3 is 2.41 bits per heavy atom. The number of hydrogen-bond donors (Lipinski definition) is 2. The summed E-state index contributed by atoms with van der Waals surface area (Å²) < 4.78 is 24.3. The van der Waals surface area contributed by atoms with Crippen LogP contribution in [0.5, 0.6) is 11.5 Å². The van der Waals surface area contributed by atoms with Crippen molar-refractivity contribution in [2.45, 2.75) is 31.3 Å². The molecule has 0 bridgehead atoms. The molecule has 27 heavy (non-hydrogen) atoms. The van der Waals surface area contributed by atoms with Gasteiger partial charge < -0.3 is 19.9 Å². The summed E-state index contributed by atoms with van der Waals surface area (Å²) in [7, 11) is 3.20. The number of para-hydroxylation sites is 1. The smallest absolute Gasteiger partial charge is 0.166 e. The van der Waals surface area contributed by atoms with Crippen LogP contribution in [-0.4, -0.2) is 32.4 Å². The fraction of sp³-hybridized carbons (Fsp3) is 0.455. The first-order chi connectivity index (χ1) is 13.1. The molecule has 146 valence electrons. The normalized spacial score (nSPS) is 17.3. The molecule has 1 aliphatic rings. The van der Waals surface area contributed by atoms with Crippen molar-refractivity contribution in [1.82, 2.24) is 5.32 Å². The summed E-state index contributed by atoms with van der Waals surface area (Å²) in [5.74, 6) is 1.06. The molecule has 1 fully saturated rings. The Hall–Kier alpha value is -2.11. The highest BCUT2D eigenvalue weighted by atomic mass is 19.1. The van der Waals surface area contributed by atoms with E-state index >= 15 is 0 Å². The molecule has 0 amide bonds. The maximum absolute atomic E-state index is 13.2. The molecule has 4 nitrogen and oxygen atoms in total. The van der Waals surface area contributed by atoms with Crippen LogP contribution in [0.15, 0.2) is 42.5 Å². The summed E-state index contributed by atoms with van der Waals surface area (Å²) >= 11 is 0. The van der Waals surface area contributed by atoms with Crippen molar-refractivity contribution in [3.05, 3.63) is 59.4 Å². The van der Waals surface area contributed by atoms with Crippen molar-refractivity contribution in [3.8, 4) is 11.5 Å². The number of aliphatic hydroxyl groups is 1.